The number of rotatable bonds is 9. The summed E-state index contributed by atoms with van der Waals surface area (Å²) in [5.41, 5.74) is 3.11. The van der Waals surface area contributed by atoms with Gasteiger partial charge in [0.1, 0.15) is 0 Å². The van der Waals surface area contributed by atoms with Crippen LogP contribution in [0.4, 0.5) is 5.69 Å². The van der Waals surface area contributed by atoms with Gasteiger partial charge in [0.25, 0.3) is 0 Å². The largest absolute Gasteiger partial charge is 0.254 e. The highest BCUT2D eigenvalue weighted by molar-refractivity contribution is 7.80. The maximum atomic E-state index is 4.94. The molecule has 0 aliphatic heterocycles. The molecule has 1 heterocycles. The van der Waals surface area contributed by atoms with Crippen LogP contribution in [0.2, 0.25) is 0 Å². The smallest absolute Gasteiger partial charge is 0.0816 e. The molecule has 4 heteroatoms. The van der Waals surface area contributed by atoms with Crippen molar-refractivity contribution in [3.63, 3.8) is 0 Å². The molecule has 1 aromatic heterocycles. The van der Waals surface area contributed by atoms with Crippen LogP contribution in [0.1, 0.15) is 25.2 Å². The zero-order chi connectivity index (χ0) is 22.9. The van der Waals surface area contributed by atoms with Crippen LogP contribution < -0.4 is 15.9 Å². The summed E-state index contributed by atoms with van der Waals surface area (Å²) in [6.45, 7) is 4.57. The second kappa shape index (κ2) is 12.0. The van der Waals surface area contributed by atoms with Crippen molar-refractivity contribution >= 4 is 43.7 Å². The molecule has 4 aromatic rings. The van der Waals surface area contributed by atoms with Crippen molar-refractivity contribution in [3.8, 4) is 0 Å². The highest BCUT2D eigenvalue weighted by atomic mass is 31.1. The number of para-hydroxylation sites is 1. The van der Waals surface area contributed by atoms with Crippen LogP contribution in [0, 0.1) is 0 Å². The number of aliphatic imine (C=N–C) groups is 1. The summed E-state index contributed by atoms with van der Waals surface area (Å²) >= 11 is 0. The summed E-state index contributed by atoms with van der Waals surface area (Å²) in [7, 11) is -0.669. The molecule has 0 saturated carbocycles. The third-order valence-corrected chi connectivity index (χ3v) is 10.6. The van der Waals surface area contributed by atoms with Gasteiger partial charge in [0.2, 0.25) is 0 Å². The van der Waals surface area contributed by atoms with E-state index in [0.717, 1.165) is 17.5 Å². The number of benzene rings is 3. The van der Waals surface area contributed by atoms with E-state index in [4.69, 9.17) is 9.98 Å². The third-order valence-electron chi connectivity index (χ3n) is 5.60. The van der Waals surface area contributed by atoms with Crippen molar-refractivity contribution in [2.45, 2.75) is 20.0 Å². The Hall–Kier alpha value is -2.66. The normalized spacial score (nSPS) is 11.5. The molecular formula is C29H30N2P2. The second-order valence-electron chi connectivity index (χ2n) is 7.77. The average Bonchev–Trinajstić information content (AvgIpc) is 2.88. The molecule has 3 aromatic carbocycles. The summed E-state index contributed by atoms with van der Waals surface area (Å²) < 4.78 is 0. The van der Waals surface area contributed by atoms with E-state index in [1.54, 1.807) is 0 Å². The lowest BCUT2D eigenvalue weighted by Crippen LogP contribution is -2.20. The van der Waals surface area contributed by atoms with Crippen molar-refractivity contribution in [3.05, 3.63) is 115 Å². The summed E-state index contributed by atoms with van der Waals surface area (Å²) in [4.78, 5) is 9.83. The molecule has 166 valence electrons. The Balaban J connectivity index is 1.68. The first kappa shape index (κ1) is 23.5. The molecule has 0 amide bonds. The Bertz CT molecular complexity index is 1130. The lowest BCUT2D eigenvalue weighted by Gasteiger charge is -2.20. The van der Waals surface area contributed by atoms with Crippen LogP contribution in [-0.4, -0.2) is 23.5 Å². The lowest BCUT2D eigenvalue weighted by molar-refractivity contribution is 1.14. The Morgan fingerprint density at radius 1 is 0.697 bits per heavy atom. The van der Waals surface area contributed by atoms with Gasteiger partial charge in [-0.05, 0) is 49.1 Å². The van der Waals surface area contributed by atoms with Crippen LogP contribution in [0.5, 0.6) is 0 Å². The van der Waals surface area contributed by atoms with Crippen molar-refractivity contribution in [2.75, 3.05) is 12.3 Å². The van der Waals surface area contributed by atoms with Crippen LogP contribution in [0.3, 0.4) is 0 Å². The van der Waals surface area contributed by atoms with Crippen molar-refractivity contribution < 1.29 is 0 Å². The first-order valence-corrected chi connectivity index (χ1v) is 14.7. The quantitative estimate of drug-likeness (QED) is 0.200. The predicted molar refractivity (Wildman–Crippen MR) is 148 cm³/mol. The maximum absolute atomic E-state index is 4.94. The zero-order valence-electron chi connectivity index (χ0n) is 19.3. The molecule has 0 fully saturated rings. The Kier molecular flexibility index (Phi) is 8.53. The monoisotopic (exact) mass is 468 g/mol. The molecule has 0 atom stereocenters. The molecule has 2 nitrogen and oxygen atoms in total. The first-order chi connectivity index (χ1) is 16.3. The van der Waals surface area contributed by atoms with Gasteiger partial charge >= 0.3 is 0 Å². The summed E-state index contributed by atoms with van der Waals surface area (Å²) in [5.74, 6) is 0. The summed E-state index contributed by atoms with van der Waals surface area (Å²) in [6.07, 6.45) is 5.52. The number of pyridine rings is 1. The lowest BCUT2D eigenvalue weighted by atomic mass is 10.3. The Morgan fingerprint density at radius 2 is 1.30 bits per heavy atom. The molecule has 0 spiro atoms. The number of hydrogen-bond donors (Lipinski definition) is 0. The van der Waals surface area contributed by atoms with Crippen LogP contribution in [-0.2, 0) is 6.16 Å². The predicted octanol–water partition coefficient (Wildman–Crippen LogP) is 6.61. The molecule has 0 radical (unpaired) electrons. The van der Waals surface area contributed by atoms with Gasteiger partial charge in [0.15, 0.2) is 0 Å². The highest BCUT2D eigenvalue weighted by Gasteiger charge is 2.18. The first-order valence-electron chi connectivity index (χ1n) is 11.5. The minimum Gasteiger partial charge on any atom is -0.254 e. The molecule has 0 aliphatic carbocycles. The number of aromatic nitrogens is 1. The van der Waals surface area contributed by atoms with E-state index in [1.165, 1.54) is 33.9 Å². The highest BCUT2D eigenvalue weighted by Crippen LogP contribution is 2.38. The van der Waals surface area contributed by atoms with Crippen LogP contribution in [0.15, 0.2) is 108 Å². The standard InChI is InChI=1S/C29H30N2P2/c1-3-32(4-2)23-25-15-13-14-24(31-25)22-30-28-20-11-12-21-29(28)33(26-16-7-5-8-17-26)27-18-9-6-10-19-27/h5-22H,3-4,23H2,1-2H3. The zero-order valence-corrected chi connectivity index (χ0v) is 21.1. The second-order valence-corrected chi connectivity index (χ2v) is 12.9. The molecule has 0 bridgehead atoms. The van der Waals surface area contributed by atoms with Crippen LogP contribution >= 0.6 is 15.8 Å². The van der Waals surface area contributed by atoms with Gasteiger partial charge in [0, 0.05) is 17.2 Å². The fraction of sp³-hybridized carbons (Fsp3) is 0.172. The minimum atomic E-state index is -0.701. The number of hydrogen-bond acceptors (Lipinski definition) is 2. The van der Waals surface area contributed by atoms with Gasteiger partial charge in [-0.25, -0.2) is 0 Å². The van der Waals surface area contributed by atoms with Gasteiger partial charge in [0.05, 0.1) is 17.6 Å². The molecule has 0 aliphatic rings. The van der Waals surface area contributed by atoms with Gasteiger partial charge in [-0.2, -0.15) is 0 Å². The van der Waals surface area contributed by atoms with E-state index in [9.17, 15) is 0 Å². The topological polar surface area (TPSA) is 25.2 Å². The van der Waals surface area contributed by atoms with E-state index in [2.05, 4.69) is 111 Å². The summed E-state index contributed by atoms with van der Waals surface area (Å²) in [6, 6.07) is 36.4. The minimum absolute atomic E-state index is 0.0322. The van der Waals surface area contributed by atoms with E-state index >= 15 is 0 Å². The average molecular weight is 469 g/mol. The van der Waals surface area contributed by atoms with E-state index < -0.39 is 7.92 Å². The Labute approximate surface area is 200 Å². The van der Waals surface area contributed by atoms with E-state index in [0.29, 0.717) is 0 Å². The van der Waals surface area contributed by atoms with Gasteiger partial charge < -0.3 is 0 Å². The SMILES string of the molecule is CCP(CC)Cc1cccc(C=Nc2ccccc2P(c2ccccc2)c2ccccc2)n1. The van der Waals surface area contributed by atoms with E-state index in [1.807, 2.05) is 12.3 Å². The van der Waals surface area contributed by atoms with Crippen LogP contribution in [0.25, 0.3) is 0 Å². The number of nitrogens with zero attached hydrogens (tertiary/aromatic N) is 2. The Morgan fingerprint density at radius 3 is 1.94 bits per heavy atom. The molecule has 0 saturated heterocycles. The molecule has 0 N–H and O–H groups in total. The fourth-order valence-corrected chi connectivity index (χ4v) is 7.73. The van der Waals surface area contributed by atoms with Crippen molar-refractivity contribution in [1.29, 1.82) is 0 Å². The van der Waals surface area contributed by atoms with Crippen molar-refractivity contribution in [1.82, 2.24) is 4.98 Å². The van der Waals surface area contributed by atoms with Gasteiger partial charge in [-0.15, -0.1) is 7.92 Å². The van der Waals surface area contributed by atoms with Gasteiger partial charge in [-0.3, -0.25) is 9.98 Å². The molecule has 0 unspecified atom stereocenters. The van der Waals surface area contributed by atoms with Gasteiger partial charge in [-0.1, -0.05) is 98.8 Å². The summed E-state index contributed by atoms with van der Waals surface area (Å²) in [5, 5.41) is 3.92. The third kappa shape index (κ3) is 6.23. The molecule has 33 heavy (non-hydrogen) atoms. The maximum Gasteiger partial charge on any atom is 0.0816 e. The fourth-order valence-electron chi connectivity index (χ4n) is 3.81. The molecular weight excluding hydrogens is 438 g/mol. The van der Waals surface area contributed by atoms with E-state index in [-0.39, 0.29) is 7.92 Å². The van der Waals surface area contributed by atoms with Crippen molar-refractivity contribution in [2.24, 2.45) is 4.99 Å². The molecule has 4 rings (SSSR count).